The average molecular weight is 217 g/mol. The zero-order valence-electron chi connectivity index (χ0n) is 7.56. The molecule has 1 aromatic carbocycles. The first kappa shape index (κ1) is 12.9. The Morgan fingerprint density at radius 2 is 1.57 bits per heavy atom. The average Bonchev–Trinajstić information content (AvgIpc) is 2.16. The van der Waals surface area contributed by atoms with Gasteiger partial charge >= 0.3 is 5.97 Å². The Morgan fingerprint density at radius 3 is 1.86 bits per heavy atom. The van der Waals surface area contributed by atoms with Gasteiger partial charge in [0.05, 0.1) is 5.56 Å². The van der Waals surface area contributed by atoms with E-state index in [2.05, 4.69) is 0 Å². The summed E-state index contributed by atoms with van der Waals surface area (Å²) in [4.78, 5) is 10.7. The highest BCUT2D eigenvalue weighted by molar-refractivity contribution is 5.88. The Balaban J connectivity index is 0.00000169. The number of carbonyl (C=O) groups is 1. The fourth-order valence-corrected chi connectivity index (χ4v) is 1.12. The van der Waals surface area contributed by atoms with Crippen LogP contribution in [0.25, 0.3) is 0 Å². The van der Waals surface area contributed by atoms with Crippen molar-refractivity contribution in [3.05, 3.63) is 34.9 Å². The lowest BCUT2D eigenvalue weighted by Gasteiger charge is -2.03. The molecule has 0 aliphatic heterocycles. The van der Waals surface area contributed by atoms with Gasteiger partial charge < -0.3 is 16.6 Å². The van der Waals surface area contributed by atoms with E-state index in [1.165, 1.54) is 0 Å². The van der Waals surface area contributed by atoms with Crippen molar-refractivity contribution in [2.75, 3.05) is 0 Å². The molecule has 1 rings (SSSR count). The lowest BCUT2D eigenvalue weighted by atomic mass is 10.1. The van der Waals surface area contributed by atoms with Crippen LogP contribution in [-0.2, 0) is 13.1 Å². The molecule has 0 heterocycles. The van der Waals surface area contributed by atoms with E-state index in [0.29, 0.717) is 13.1 Å². The minimum Gasteiger partial charge on any atom is -0.478 e. The van der Waals surface area contributed by atoms with E-state index < -0.39 is 5.97 Å². The number of carboxylic acids is 1. The minimum atomic E-state index is -0.954. The van der Waals surface area contributed by atoms with E-state index in [-0.39, 0.29) is 18.0 Å². The molecular weight excluding hydrogens is 204 g/mol. The number of nitrogens with two attached hydrogens (primary N) is 2. The molecule has 0 saturated carbocycles. The first-order valence-electron chi connectivity index (χ1n) is 3.93. The molecule has 5 N–H and O–H groups in total. The summed E-state index contributed by atoms with van der Waals surface area (Å²) in [5.74, 6) is -0.954. The third-order valence-electron chi connectivity index (χ3n) is 1.77. The van der Waals surface area contributed by atoms with Gasteiger partial charge in [-0.3, -0.25) is 0 Å². The van der Waals surface area contributed by atoms with Crippen LogP contribution in [0.1, 0.15) is 21.5 Å². The van der Waals surface area contributed by atoms with E-state index >= 15 is 0 Å². The first-order valence-corrected chi connectivity index (χ1v) is 3.93. The highest BCUT2D eigenvalue weighted by Gasteiger charge is 2.05. The third-order valence-corrected chi connectivity index (χ3v) is 1.77. The molecule has 14 heavy (non-hydrogen) atoms. The molecule has 5 heteroatoms. The van der Waals surface area contributed by atoms with Crippen molar-refractivity contribution in [3.8, 4) is 0 Å². The zero-order chi connectivity index (χ0) is 9.84. The molecule has 0 saturated heterocycles. The summed E-state index contributed by atoms with van der Waals surface area (Å²) in [6.07, 6.45) is 0. The van der Waals surface area contributed by atoms with Crippen LogP contribution in [0.15, 0.2) is 18.2 Å². The molecule has 1 aromatic rings. The molecule has 0 fully saturated rings. The van der Waals surface area contributed by atoms with E-state index in [0.717, 1.165) is 11.1 Å². The smallest absolute Gasteiger partial charge is 0.335 e. The van der Waals surface area contributed by atoms with Crippen LogP contribution in [-0.4, -0.2) is 11.1 Å². The number of carboxylic acid groups (broad SMARTS) is 1. The van der Waals surface area contributed by atoms with Gasteiger partial charge in [0, 0.05) is 13.1 Å². The number of benzene rings is 1. The molecule has 78 valence electrons. The van der Waals surface area contributed by atoms with Gasteiger partial charge in [-0.1, -0.05) is 6.07 Å². The van der Waals surface area contributed by atoms with Crippen LogP contribution in [0.3, 0.4) is 0 Å². The summed E-state index contributed by atoms with van der Waals surface area (Å²) in [6.45, 7) is 0.655. The van der Waals surface area contributed by atoms with Crippen LogP contribution >= 0.6 is 12.4 Å². The van der Waals surface area contributed by atoms with Gasteiger partial charge in [-0.05, 0) is 23.3 Å². The molecule has 0 spiro atoms. The molecule has 0 unspecified atom stereocenters. The number of rotatable bonds is 3. The minimum absolute atomic E-state index is 0. The van der Waals surface area contributed by atoms with Crippen LogP contribution in [0.4, 0.5) is 0 Å². The SMILES string of the molecule is Cl.NCc1cc(CN)cc(C(=O)O)c1. The summed E-state index contributed by atoms with van der Waals surface area (Å²) in [7, 11) is 0. The van der Waals surface area contributed by atoms with Crippen LogP contribution < -0.4 is 11.5 Å². The summed E-state index contributed by atoms with van der Waals surface area (Å²) in [6, 6.07) is 4.93. The predicted octanol–water partition coefficient (Wildman–Crippen LogP) is 0.724. The van der Waals surface area contributed by atoms with Crippen molar-refractivity contribution >= 4 is 18.4 Å². The molecule has 4 nitrogen and oxygen atoms in total. The Bertz CT molecular complexity index is 306. The van der Waals surface area contributed by atoms with Gasteiger partial charge in [0.15, 0.2) is 0 Å². The largest absolute Gasteiger partial charge is 0.478 e. The summed E-state index contributed by atoms with van der Waals surface area (Å²) < 4.78 is 0. The summed E-state index contributed by atoms with van der Waals surface area (Å²) in [5, 5.41) is 8.74. The Labute approximate surface area is 88.3 Å². The summed E-state index contributed by atoms with van der Waals surface area (Å²) >= 11 is 0. The normalized spacial score (nSPS) is 9.29. The van der Waals surface area contributed by atoms with Crippen LogP contribution in [0.2, 0.25) is 0 Å². The standard InChI is InChI=1S/C9H12N2O2.ClH/c10-4-6-1-7(5-11)3-8(2-6)9(12)13;/h1-3H,4-5,10-11H2,(H,12,13);1H. The Morgan fingerprint density at radius 1 is 1.14 bits per heavy atom. The molecule has 0 bridgehead atoms. The molecule has 0 amide bonds. The Hall–Kier alpha value is -1.10. The van der Waals surface area contributed by atoms with Crippen molar-refractivity contribution in [3.63, 3.8) is 0 Å². The molecular formula is C9H13ClN2O2. The monoisotopic (exact) mass is 216 g/mol. The van der Waals surface area contributed by atoms with Crippen LogP contribution in [0, 0.1) is 0 Å². The van der Waals surface area contributed by atoms with Gasteiger partial charge in [0.2, 0.25) is 0 Å². The third kappa shape index (κ3) is 2.99. The number of aromatic carboxylic acids is 1. The predicted molar refractivity (Wildman–Crippen MR) is 56.4 cm³/mol. The van der Waals surface area contributed by atoms with Crippen molar-refractivity contribution in [1.29, 1.82) is 0 Å². The molecule has 0 aliphatic carbocycles. The second kappa shape index (κ2) is 5.59. The zero-order valence-corrected chi connectivity index (χ0v) is 8.38. The fourth-order valence-electron chi connectivity index (χ4n) is 1.12. The first-order chi connectivity index (χ1) is 6.17. The second-order valence-electron chi connectivity index (χ2n) is 2.75. The van der Waals surface area contributed by atoms with E-state index in [9.17, 15) is 4.79 Å². The number of halogens is 1. The Kier molecular flexibility index (Phi) is 5.15. The maximum Gasteiger partial charge on any atom is 0.335 e. The molecule has 0 atom stereocenters. The topological polar surface area (TPSA) is 89.3 Å². The van der Waals surface area contributed by atoms with E-state index in [1.54, 1.807) is 12.1 Å². The van der Waals surface area contributed by atoms with Gasteiger partial charge in [0.1, 0.15) is 0 Å². The van der Waals surface area contributed by atoms with Gasteiger partial charge in [-0.25, -0.2) is 4.79 Å². The summed E-state index contributed by atoms with van der Waals surface area (Å²) in [5.41, 5.74) is 12.6. The van der Waals surface area contributed by atoms with E-state index in [4.69, 9.17) is 16.6 Å². The van der Waals surface area contributed by atoms with Crippen molar-refractivity contribution in [2.24, 2.45) is 11.5 Å². The maximum absolute atomic E-state index is 10.7. The van der Waals surface area contributed by atoms with Gasteiger partial charge in [-0.2, -0.15) is 0 Å². The number of hydrogen-bond acceptors (Lipinski definition) is 3. The van der Waals surface area contributed by atoms with Crippen molar-refractivity contribution in [2.45, 2.75) is 13.1 Å². The van der Waals surface area contributed by atoms with Crippen LogP contribution in [0.5, 0.6) is 0 Å². The number of hydrogen-bond donors (Lipinski definition) is 3. The lowest BCUT2D eigenvalue weighted by molar-refractivity contribution is 0.0696. The second-order valence-corrected chi connectivity index (χ2v) is 2.75. The highest BCUT2D eigenvalue weighted by Crippen LogP contribution is 2.09. The van der Waals surface area contributed by atoms with Crippen molar-refractivity contribution < 1.29 is 9.90 Å². The highest BCUT2D eigenvalue weighted by atomic mass is 35.5. The lowest BCUT2D eigenvalue weighted by Crippen LogP contribution is -2.05. The molecule has 0 aromatic heterocycles. The van der Waals surface area contributed by atoms with Crippen molar-refractivity contribution in [1.82, 2.24) is 0 Å². The van der Waals surface area contributed by atoms with E-state index in [1.807, 2.05) is 6.07 Å². The quantitative estimate of drug-likeness (QED) is 0.695. The van der Waals surface area contributed by atoms with Gasteiger partial charge in [-0.15, -0.1) is 12.4 Å². The maximum atomic E-state index is 10.7. The molecule has 0 radical (unpaired) electrons. The van der Waals surface area contributed by atoms with Gasteiger partial charge in [0.25, 0.3) is 0 Å². The molecule has 0 aliphatic rings. The fraction of sp³-hybridized carbons (Fsp3) is 0.222.